The standard InChI is InChI=1S/C20H30O7/c1-3-5-6-7-8-9-10-11-15-24-20(22)26-27-25-19(21)17-13-12-14-18(16-17)23-4-2/h12-14,16H,3-11,15H2,1-2H3. The van der Waals surface area contributed by atoms with Gasteiger partial charge in [0.15, 0.2) is 0 Å². The lowest BCUT2D eigenvalue weighted by atomic mass is 10.1. The van der Waals surface area contributed by atoms with Crippen LogP contribution in [-0.2, 0) is 19.6 Å². The van der Waals surface area contributed by atoms with E-state index in [1.807, 2.05) is 6.92 Å². The Hall–Kier alpha value is -2.28. The molecule has 152 valence electrons. The Kier molecular flexibility index (Phi) is 12.5. The van der Waals surface area contributed by atoms with Gasteiger partial charge >= 0.3 is 12.1 Å². The molecule has 27 heavy (non-hydrogen) atoms. The van der Waals surface area contributed by atoms with Gasteiger partial charge in [0.1, 0.15) is 5.75 Å². The Balaban J connectivity index is 2.06. The summed E-state index contributed by atoms with van der Waals surface area (Å²) in [5.41, 5.74) is 0.205. The summed E-state index contributed by atoms with van der Waals surface area (Å²) in [6, 6.07) is 6.37. The molecule has 0 N–H and O–H groups in total. The second-order valence-corrected chi connectivity index (χ2v) is 6.06. The summed E-state index contributed by atoms with van der Waals surface area (Å²) in [7, 11) is 0. The van der Waals surface area contributed by atoms with Crippen molar-refractivity contribution in [2.24, 2.45) is 0 Å². The minimum Gasteiger partial charge on any atom is -0.494 e. The number of carbonyl (C=O) groups is 2. The highest BCUT2D eigenvalue weighted by Crippen LogP contribution is 2.14. The van der Waals surface area contributed by atoms with Crippen molar-refractivity contribution >= 4 is 12.1 Å². The van der Waals surface area contributed by atoms with Gasteiger partial charge in [-0.05, 0) is 31.5 Å². The first-order chi connectivity index (χ1) is 13.2. The second-order valence-electron chi connectivity index (χ2n) is 6.06. The maximum atomic E-state index is 11.8. The first kappa shape index (κ1) is 22.8. The average Bonchev–Trinajstić information content (AvgIpc) is 2.67. The monoisotopic (exact) mass is 382 g/mol. The third-order valence-corrected chi connectivity index (χ3v) is 3.81. The Morgan fingerprint density at radius 3 is 2.30 bits per heavy atom. The molecule has 1 aromatic carbocycles. The minimum absolute atomic E-state index is 0.205. The van der Waals surface area contributed by atoms with E-state index in [0.29, 0.717) is 12.4 Å². The molecule has 1 aromatic rings. The van der Waals surface area contributed by atoms with Gasteiger partial charge in [0.2, 0.25) is 0 Å². The minimum atomic E-state index is -1.05. The largest absolute Gasteiger partial charge is 0.543 e. The molecule has 0 aromatic heterocycles. The van der Waals surface area contributed by atoms with Crippen LogP contribution in [0, 0.1) is 0 Å². The van der Waals surface area contributed by atoms with Crippen LogP contribution in [-0.4, -0.2) is 25.3 Å². The van der Waals surface area contributed by atoms with Gasteiger partial charge < -0.3 is 9.47 Å². The third kappa shape index (κ3) is 11.1. The quantitative estimate of drug-likeness (QED) is 0.185. The molecule has 0 aliphatic heterocycles. The fourth-order valence-corrected chi connectivity index (χ4v) is 2.42. The van der Waals surface area contributed by atoms with E-state index in [-0.39, 0.29) is 12.2 Å². The lowest BCUT2D eigenvalue weighted by molar-refractivity contribution is -0.452. The topological polar surface area (TPSA) is 80.3 Å². The zero-order chi connectivity index (χ0) is 19.7. The van der Waals surface area contributed by atoms with Gasteiger partial charge in [-0.1, -0.05) is 57.9 Å². The average molecular weight is 382 g/mol. The van der Waals surface area contributed by atoms with Crippen LogP contribution in [0.4, 0.5) is 4.79 Å². The summed E-state index contributed by atoms with van der Waals surface area (Å²) in [5, 5.41) is 4.18. The predicted molar refractivity (Wildman–Crippen MR) is 99.2 cm³/mol. The number of benzene rings is 1. The van der Waals surface area contributed by atoms with Gasteiger partial charge in [-0.25, -0.2) is 14.5 Å². The molecule has 0 atom stereocenters. The van der Waals surface area contributed by atoms with Crippen LogP contribution in [0.25, 0.3) is 0 Å². The van der Waals surface area contributed by atoms with Crippen LogP contribution in [0.1, 0.15) is 75.6 Å². The van der Waals surface area contributed by atoms with Crippen molar-refractivity contribution < 1.29 is 33.9 Å². The van der Waals surface area contributed by atoms with Crippen molar-refractivity contribution in [1.82, 2.24) is 0 Å². The molecule has 0 aliphatic rings. The first-order valence-corrected chi connectivity index (χ1v) is 9.62. The van der Waals surface area contributed by atoms with E-state index in [2.05, 4.69) is 21.7 Å². The summed E-state index contributed by atoms with van der Waals surface area (Å²) in [5.74, 6) is -0.287. The van der Waals surface area contributed by atoms with Crippen LogP contribution >= 0.6 is 0 Å². The molecule has 0 saturated carbocycles. The molecule has 0 unspecified atom stereocenters. The van der Waals surface area contributed by atoms with E-state index < -0.39 is 12.1 Å². The van der Waals surface area contributed by atoms with Crippen LogP contribution in [0.5, 0.6) is 5.75 Å². The lowest BCUT2D eigenvalue weighted by Crippen LogP contribution is -2.12. The number of rotatable bonds is 14. The summed E-state index contributed by atoms with van der Waals surface area (Å²) in [4.78, 5) is 31.8. The maximum absolute atomic E-state index is 11.8. The van der Waals surface area contributed by atoms with Crippen LogP contribution in [0.3, 0.4) is 0 Å². The molecule has 0 saturated heterocycles. The number of hydrogen-bond acceptors (Lipinski definition) is 7. The number of carbonyl (C=O) groups excluding carboxylic acids is 2. The Morgan fingerprint density at radius 1 is 0.889 bits per heavy atom. The Bertz CT molecular complexity index is 545. The van der Waals surface area contributed by atoms with Gasteiger partial charge in [-0.3, -0.25) is 4.89 Å². The maximum Gasteiger partial charge on any atom is 0.543 e. The molecule has 0 aliphatic carbocycles. The van der Waals surface area contributed by atoms with E-state index in [1.165, 1.54) is 44.2 Å². The van der Waals surface area contributed by atoms with Crippen molar-refractivity contribution in [3.8, 4) is 5.75 Å². The summed E-state index contributed by atoms with van der Waals surface area (Å²) >= 11 is 0. The smallest absolute Gasteiger partial charge is 0.494 e. The zero-order valence-corrected chi connectivity index (χ0v) is 16.2. The van der Waals surface area contributed by atoms with E-state index in [4.69, 9.17) is 9.47 Å². The molecule has 0 spiro atoms. The molecule has 0 amide bonds. The van der Waals surface area contributed by atoms with E-state index in [0.717, 1.165) is 19.3 Å². The predicted octanol–water partition coefficient (Wildman–Crippen LogP) is 5.38. The van der Waals surface area contributed by atoms with E-state index in [9.17, 15) is 9.59 Å². The van der Waals surface area contributed by atoms with Gasteiger partial charge in [0.05, 0.1) is 23.8 Å². The van der Waals surface area contributed by atoms with Gasteiger partial charge in [0.25, 0.3) is 0 Å². The first-order valence-electron chi connectivity index (χ1n) is 9.62. The number of unbranched alkanes of at least 4 members (excludes halogenated alkanes) is 7. The Labute approximate surface area is 160 Å². The molecular formula is C20H30O7. The lowest BCUT2D eigenvalue weighted by Gasteiger charge is -2.06. The molecule has 0 fully saturated rings. The van der Waals surface area contributed by atoms with E-state index >= 15 is 0 Å². The van der Waals surface area contributed by atoms with Crippen LogP contribution < -0.4 is 4.74 Å². The van der Waals surface area contributed by atoms with Crippen molar-refractivity contribution in [2.45, 2.75) is 65.2 Å². The third-order valence-electron chi connectivity index (χ3n) is 3.81. The highest BCUT2D eigenvalue weighted by molar-refractivity contribution is 5.89. The molecule has 1 rings (SSSR count). The van der Waals surface area contributed by atoms with Crippen molar-refractivity contribution in [1.29, 1.82) is 0 Å². The van der Waals surface area contributed by atoms with Gasteiger partial charge in [-0.15, -0.1) is 0 Å². The van der Waals surface area contributed by atoms with Crippen LogP contribution in [0.15, 0.2) is 24.3 Å². The molecule has 0 radical (unpaired) electrons. The summed E-state index contributed by atoms with van der Waals surface area (Å²) in [6.45, 7) is 4.74. The van der Waals surface area contributed by atoms with Gasteiger partial charge in [0, 0.05) is 0 Å². The SMILES string of the molecule is CCCCCCCCCCOC(=O)OOOC(=O)c1cccc(OCC)c1. The van der Waals surface area contributed by atoms with Crippen molar-refractivity contribution in [2.75, 3.05) is 13.2 Å². The second kappa shape index (κ2) is 14.8. The zero-order valence-electron chi connectivity index (χ0n) is 16.2. The highest BCUT2D eigenvalue weighted by atomic mass is 17.5. The van der Waals surface area contributed by atoms with Crippen LogP contribution in [0.2, 0.25) is 0 Å². The Morgan fingerprint density at radius 2 is 1.59 bits per heavy atom. The highest BCUT2D eigenvalue weighted by Gasteiger charge is 2.12. The summed E-state index contributed by atoms with van der Waals surface area (Å²) in [6.07, 6.45) is 8.09. The fraction of sp³-hybridized carbons (Fsp3) is 0.600. The molecule has 7 nitrogen and oxygen atoms in total. The fourth-order valence-electron chi connectivity index (χ4n) is 2.42. The van der Waals surface area contributed by atoms with Crippen molar-refractivity contribution in [3.05, 3.63) is 29.8 Å². The number of ether oxygens (including phenoxy) is 2. The summed E-state index contributed by atoms with van der Waals surface area (Å²) < 4.78 is 10.1. The molecular weight excluding hydrogens is 352 g/mol. The molecule has 7 heteroatoms. The molecule has 0 heterocycles. The number of hydrogen-bond donors (Lipinski definition) is 0. The van der Waals surface area contributed by atoms with E-state index in [1.54, 1.807) is 12.1 Å². The normalized spacial score (nSPS) is 10.3. The molecule has 0 bridgehead atoms. The van der Waals surface area contributed by atoms with Crippen molar-refractivity contribution in [3.63, 3.8) is 0 Å². The van der Waals surface area contributed by atoms with Gasteiger partial charge in [-0.2, -0.15) is 0 Å².